The summed E-state index contributed by atoms with van der Waals surface area (Å²) in [5.74, 6) is 0. The summed E-state index contributed by atoms with van der Waals surface area (Å²) in [6.07, 6.45) is -5.39. The minimum absolute atomic E-state index is 0.277. The highest BCUT2D eigenvalue weighted by Crippen LogP contribution is 2.41. The van der Waals surface area contributed by atoms with Crippen molar-refractivity contribution in [1.82, 2.24) is 0 Å². The van der Waals surface area contributed by atoms with Gasteiger partial charge in [-0.3, -0.25) is 0 Å². The second-order valence-corrected chi connectivity index (χ2v) is 2.86. The number of rotatable bonds is 1. The summed E-state index contributed by atoms with van der Waals surface area (Å²) in [6, 6.07) is 2.73. The first kappa shape index (κ1) is 11.3. The predicted molar refractivity (Wildman–Crippen MR) is 41.9 cm³/mol. The van der Waals surface area contributed by atoms with E-state index in [-0.39, 0.29) is 5.57 Å². The Kier molecular flexibility index (Phi) is 2.81. The second-order valence-electron chi connectivity index (χ2n) is 2.86. The molecule has 6 heteroatoms. The summed E-state index contributed by atoms with van der Waals surface area (Å²) in [5.41, 5.74) is -2.64. The Morgan fingerprint density at radius 1 is 1.13 bits per heavy atom. The number of nitriles is 2. The maximum atomic E-state index is 12.3. The van der Waals surface area contributed by atoms with Crippen LogP contribution in [-0.4, -0.2) is 12.9 Å². The molecule has 0 aromatic heterocycles. The molecule has 0 N–H and O–H groups in total. The molecule has 1 aliphatic carbocycles. The van der Waals surface area contributed by atoms with E-state index in [0.29, 0.717) is 0 Å². The molecular weight excluding hydrogens is 212 g/mol. The maximum absolute atomic E-state index is 12.3. The van der Waals surface area contributed by atoms with Crippen LogP contribution in [0.25, 0.3) is 0 Å². The van der Waals surface area contributed by atoms with E-state index in [1.165, 1.54) is 12.1 Å². The van der Waals surface area contributed by atoms with Crippen molar-refractivity contribution in [3.8, 4) is 12.1 Å². The van der Waals surface area contributed by atoms with E-state index in [4.69, 9.17) is 10.5 Å². The first-order valence-electron chi connectivity index (χ1n) is 3.84. The molecule has 78 valence electrons. The van der Waals surface area contributed by atoms with Gasteiger partial charge < -0.3 is 0 Å². The van der Waals surface area contributed by atoms with Gasteiger partial charge in [0.05, 0.1) is 16.7 Å². The van der Waals surface area contributed by atoms with E-state index in [1.807, 2.05) is 0 Å². The summed E-state index contributed by atoms with van der Waals surface area (Å²) in [4.78, 5) is 0. The smallest absolute Gasteiger partial charge is 0.246 e. The number of allylic oxidation sites excluding steroid dienone is 4. The third-order valence-electron chi connectivity index (χ3n) is 2.02. The topological polar surface area (TPSA) is 47.6 Å². The van der Waals surface area contributed by atoms with Gasteiger partial charge in [0.1, 0.15) is 18.8 Å². The summed E-state index contributed by atoms with van der Waals surface area (Å²) in [5, 5.41) is 17.0. The van der Waals surface area contributed by atoms with Gasteiger partial charge in [0.15, 0.2) is 0 Å². The van der Waals surface area contributed by atoms with Crippen LogP contribution in [-0.2, 0) is 0 Å². The van der Waals surface area contributed by atoms with Crippen molar-refractivity contribution >= 4 is 0 Å². The van der Waals surface area contributed by atoms with Crippen LogP contribution in [0, 0.1) is 22.7 Å². The minimum Gasteiger partial charge on any atom is -0.246 e. The van der Waals surface area contributed by atoms with Gasteiger partial charge in [-0.15, -0.1) is 0 Å². The van der Waals surface area contributed by atoms with Crippen LogP contribution in [0.4, 0.5) is 17.6 Å². The first-order valence-corrected chi connectivity index (χ1v) is 3.84. The zero-order valence-electron chi connectivity index (χ0n) is 7.32. The molecule has 0 fully saturated rings. The summed E-state index contributed by atoms with van der Waals surface area (Å²) < 4.78 is 49.3. The fourth-order valence-corrected chi connectivity index (χ4v) is 1.33. The van der Waals surface area contributed by atoms with Crippen LogP contribution in [0.2, 0.25) is 0 Å². The highest BCUT2D eigenvalue weighted by molar-refractivity contribution is 5.61. The van der Waals surface area contributed by atoms with Gasteiger partial charge in [0.25, 0.3) is 0 Å². The van der Waals surface area contributed by atoms with E-state index in [2.05, 4.69) is 0 Å². The Morgan fingerprint density at radius 3 is 2.00 bits per heavy atom. The molecule has 1 aliphatic rings. The highest BCUT2D eigenvalue weighted by Gasteiger charge is 2.41. The Hall–Kier alpha value is -1.82. The Bertz CT molecular complexity index is 428. The fraction of sp³-hybridized carbons (Fsp3) is 0.333. The van der Waals surface area contributed by atoms with E-state index < -0.39 is 36.0 Å². The lowest BCUT2D eigenvalue weighted by molar-refractivity contribution is -0.0932. The Balaban J connectivity index is 3.29. The molecule has 0 aliphatic heterocycles. The van der Waals surface area contributed by atoms with Crippen LogP contribution in [0.1, 0.15) is 6.42 Å². The molecular formula is C9H4F4N2. The molecule has 0 heterocycles. The molecule has 0 radical (unpaired) electrons. The van der Waals surface area contributed by atoms with Crippen LogP contribution >= 0.6 is 0 Å². The molecule has 0 saturated carbocycles. The van der Waals surface area contributed by atoms with Crippen LogP contribution in [0.15, 0.2) is 22.3 Å². The normalized spacial score (nSPS) is 16.7. The third kappa shape index (κ3) is 1.84. The molecule has 2 nitrogen and oxygen atoms in total. The lowest BCUT2D eigenvalue weighted by Crippen LogP contribution is -2.12. The van der Waals surface area contributed by atoms with Crippen molar-refractivity contribution in [1.29, 1.82) is 10.5 Å². The number of hydrogen-bond acceptors (Lipinski definition) is 2. The number of hydrogen-bond donors (Lipinski definition) is 0. The van der Waals surface area contributed by atoms with Crippen molar-refractivity contribution in [3.05, 3.63) is 22.3 Å². The molecule has 0 saturated heterocycles. The molecule has 0 atom stereocenters. The Labute approximate surface area is 82.7 Å². The van der Waals surface area contributed by atoms with Crippen LogP contribution < -0.4 is 0 Å². The van der Waals surface area contributed by atoms with E-state index >= 15 is 0 Å². The first-order chi connectivity index (χ1) is 6.95. The minimum atomic E-state index is -4.69. The van der Waals surface area contributed by atoms with Crippen molar-refractivity contribution < 1.29 is 17.6 Å². The molecule has 0 aromatic rings. The van der Waals surface area contributed by atoms with Crippen molar-refractivity contribution in [2.45, 2.75) is 12.6 Å². The molecule has 0 bridgehead atoms. The lowest BCUT2D eigenvalue weighted by atomic mass is 10.1. The standard InChI is InChI=1S/C9H4F4N2/c10-2-5-1-8(9(11,12)13)7(4-15)6(5)3-14/h1-2H2. The highest BCUT2D eigenvalue weighted by atomic mass is 19.4. The molecule has 15 heavy (non-hydrogen) atoms. The van der Waals surface area contributed by atoms with Crippen LogP contribution in [0.3, 0.4) is 0 Å². The number of nitrogens with zero attached hydrogens (tertiary/aromatic N) is 2. The molecule has 0 aromatic carbocycles. The van der Waals surface area contributed by atoms with Crippen molar-refractivity contribution in [2.24, 2.45) is 0 Å². The number of alkyl halides is 4. The average molecular weight is 216 g/mol. The van der Waals surface area contributed by atoms with Gasteiger partial charge in [-0.25, -0.2) is 4.39 Å². The van der Waals surface area contributed by atoms with Gasteiger partial charge in [-0.1, -0.05) is 0 Å². The van der Waals surface area contributed by atoms with E-state index in [0.717, 1.165) is 0 Å². The van der Waals surface area contributed by atoms with Crippen molar-refractivity contribution in [2.75, 3.05) is 6.67 Å². The maximum Gasteiger partial charge on any atom is 0.414 e. The molecule has 0 spiro atoms. The summed E-state index contributed by atoms with van der Waals surface area (Å²) in [7, 11) is 0. The van der Waals surface area contributed by atoms with Gasteiger partial charge in [-0.05, 0) is 5.57 Å². The molecule has 0 amide bonds. The average Bonchev–Trinajstić information content (AvgIpc) is 2.54. The summed E-state index contributed by atoms with van der Waals surface area (Å²) >= 11 is 0. The second kappa shape index (κ2) is 3.74. The van der Waals surface area contributed by atoms with Gasteiger partial charge in [-0.2, -0.15) is 23.7 Å². The van der Waals surface area contributed by atoms with E-state index in [9.17, 15) is 17.6 Å². The largest absolute Gasteiger partial charge is 0.414 e. The molecule has 1 rings (SSSR count). The predicted octanol–water partition coefficient (Wildman–Crippen LogP) is 2.56. The zero-order valence-corrected chi connectivity index (χ0v) is 7.32. The Morgan fingerprint density at radius 2 is 1.67 bits per heavy atom. The van der Waals surface area contributed by atoms with Crippen LogP contribution in [0.5, 0.6) is 0 Å². The summed E-state index contributed by atoms with van der Waals surface area (Å²) in [6.45, 7) is -1.15. The monoisotopic (exact) mass is 216 g/mol. The fourth-order valence-electron chi connectivity index (χ4n) is 1.33. The van der Waals surface area contributed by atoms with Crippen molar-refractivity contribution in [3.63, 3.8) is 0 Å². The van der Waals surface area contributed by atoms with Gasteiger partial charge in [0.2, 0.25) is 0 Å². The quantitative estimate of drug-likeness (QED) is 0.632. The van der Waals surface area contributed by atoms with E-state index in [1.54, 1.807) is 0 Å². The molecule has 0 unspecified atom stereocenters. The van der Waals surface area contributed by atoms with Gasteiger partial charge in [0, 0.05) is 6.42 Å². The lowest BCUT2D eigenvalue weighted by Gasteiger charge is -2.07. The third-order valence-corrected chi connectivity index (χ3v) is 2.02. The van der Waals surface area contributed by atoms with Gasteiger partial charge >= 0.3 is 6.18 Å². The number of halogens is 4. The SMILES string of the molecule is N#CC1=C(CF)CC(C(F)(F)F)=C1C#N. The zero-order chi connectivity index (χ0) is 11.6.